The molecular weight excluding hydrogens is 261 g/mol. The van der Waals surface area contributed by atoms with E-state index in [9.17, 15) is 17.6 Å². The highest BCUT2D eigenvalue weighted by molar-refractivity contribution is 7.91. The topological polar surface area (TPSA) is 86.5 Å². The largest absolute Gasteiger partial charge is 0.468 e. The fraction of sp³-hybridized carbons (Fsp3) is 0.364. The van der Waals surface area contributed by atoms with Crippen LogP contribution in [0.3, 0.4) is 0 Å². The van der Waals surface area contributed by atoms with Crippen molar-refractivity contribution in [2.75, 3.05) is 12.9 Å². The summed E-state index contributed by atoms with van der Waals surface area (Å²) in [6.07, 6.45) is 0. The zero-order valence-corrected chi connectivity index (χ0v) is 10.7. The zero-order chi connectivity index (χ0) is 13.8. The molecule has 100 valence electrons. The molecule has 0 radical (unpaired) electrons. The summed E-state index contributed by atoms with van der Waals surface area (Å²) >= 11 is 0. The van der Waals surface area contributed by atoms with E-state index in [2.05, 4.69) is 4.74 Å². The van der Waals surface area contributed by atoms with Gasteiger partial charge in [-0.2, -0.15) is 0 Å². The standard InChI is InChI=1S/C11H14FNO4S/c1-17-11(14)7-18(15,16)6-9-2-8(5-13)3-10(12)4-9/h2-4H,5-7,13H2,1H3. The number of methoxy groups -OCH3 is 1. The van der Waals surface area contributed by atoms with Crippen LogP contribution in [0.5, 0.6) is 0 Å². The number of esters is 1. The summed E-state index contributed by atoms with van der Waals surface area (Å²) < 4.78 is 40.7. The van der Waals surface area contributed by atoms with Gasteiger partial charge >= 0.3 is 5.97 Å². The number of sulfone groups is 1. The molecule has 1 aromatic carbocycles. The monoisotopic (exact) mass is 275 g/mol. The Hall–Kier alpha value is -1.47. The van der Waals surface area contributed by atoms with Crippen molar-refractivity contribution in [1.82, 2.24) is 0 Å². The number of carbonyl (C=O) groups is 1. The molecule has 0 aliphatic heterocycles. The first kappa shape index (κ1) is 14.6. The number of hydrogen-bond acceptors (Lipinski definition) is 5. The molecule has 0 bridgehead atoms. The van der Waals surface area contributed by atoms with Gasteiger partial charge in [0.2, 0.25) is 0 Å². The molecule has 1 aromatic rings. The fourth-order valence-corrected chi connectivity index (χ4v) is 2.72. The highest BCUT2D eigenvalue weighted by Gasteiger charge is 2.18. The molecule has 2 N–H and O–H groups in total. The third-order valence-corrected chi connectivity index (χ3v) is 3.65. The quantitative estimate of drug-likeness (QED) is 0.785. The third kappa shape index (κ3) is 4.42. The average molecular weight is 275 g/mol. The number of benzene rings is 1. The Bertz CT molecular complexity index is 542. The first-order valence-electron chi connectivity index (χ1n) is 5.12. The summed E-state index contributed by atoms with van der Waals surface area (Å²) in [6, 6.07) is 3.84. The molecule has 0 atom stereocenters. The zero-order valence-electron chi connectivity index (χ0n) is 9.85. The van der Waals surface area contributed by atoms with Crippen molar-refractivity contribution in [3.8, 4) is 0 Å². The molecule has 0 saturated heterocycles. The molecule has 0 spiro atoms. The molecule has 1 rings (SSSR count). The second-order valence-electron chi connectivity index (χ2n) is 3.78. The Labute approximate surface area is 105 Å². The van der Waals surface area contributed by atoms with E-state index in [1.807, 2.05) is 0 Å². The Morgan fingerprint density at radius 2 is 1.94 bits per heavy atom. The van der Waals surface area contributed by atoms with E-state index in [0.717, 1.165) is 13.2 Å². The minimum Gasteiger partial charge on any atom is -0.468 e. The van der Waals surface area contributed by atoms with Crippen LogP contribution in [0.15, 0.2) is 18.2 Å². The average Bonchev–Trinajstić information content (AvgIpc) is 2.26. The van der Waals surface area contributed by atoms with E-state index in [-0.39, 0.29) is 12.1 Å². The molecule has 0 unspecified atom stereocenters. The summed E-state index contributed by atoms with van der Waals surface area (Å²) in [5.74, 6) is -2.54. The van der Waals surface area contributed by atoms with Crippen LogP contribution in [0.4, 0.5) is 4.39 Å². The molecule has 18 heavy (non-hydrogen) atoms. The molecule has 0 fully saturated rings. The Morgan fingerprint density at radius 3 is 2.50 bits per heavy atom. The molecule has 0 aromatic heterocycles. The molecule has 0 amide bonds. The van der Waals surface area contributed by atoms with Crippen LogP contribution in [-0.4, -0.2) is 27.2 Å². The van der Waals surface area contributed by atoms with E-state index in [0.29, 0.717) is 5.56 Å². The number of carbonyl (C=O) groups excluding carboxylic acids is 1. The van der Waals surface area contributed by atoms with Crippen LogP contribution in [0, 0.1) is 5.82 Å². The van der Waals surface area contributed by atoms with E-state index in [1.165, 1.54) is 12.1 Å². The van der Waals surface area contributed by atoms with Gasteiger partial charge < -0.3 is 10.5 Å². The molecule has 7 heteroatoms. The first-order chi connectivity index (χ1) is 8.36. The summed E-state index contributed by atoms with van der Waals surface area (Å²) in [6.45, 7) is 0.113. The minimum absolute atomic E-state index is 0.113. The van der Waals surface area contributed by atoms with Crippen molar-refractivity contribution < 1.29 is 22.3 Å². The van der Waals surface area contributed by atoms with Crippen molar-refractivity contribution in [2.24, 2.45) is 5.73 Å². The molecule has 0 aliphatic carbocycles. The summed E-state index contributed by atoms with van der Waals surface area (Å²) in [4.78, 5) is 10.9. The van der Waals surface area contributed by atoms with Crippen molar-refractivity contribution in [3.63, 3.8) is 0 Å². The van der Waals surface area contributed by atoms with Crippen LogP contribution < -0.4 is 5.73 Å². The van der Waals surface area contributed by atoms with Gasteiger partial charge in [0.05, 0.1) is 12.9 Å². The number of ether oxygens (including phenoxy) is 1. The highest BCUT2D eigenvalue weighted by atomic mass is 32.2. The van der Waals surface area contributed by atoms with Gasteiger partial charge in [-0.3, -0.25) is 4.79 Å². The first-order valence-corrected chi connectivity index (χ1v) is 6.94. The Kier molecular flexibility index (Phi) is 4.80. The maximum Gasteiger partial charge on any atom is 0.320 e. The van der Waals surface area contributed by atoms with Gasteiger partial charge in [-0.15, -0.1) is 0 Å². The molecule has 0 aliphatic rings. The van der Waals surface area contributed by atoms with Gasteiger partial charge in [-0.05, 0) is 23.3 Å². The SMILES string of the molecule is COC(=O)CS(=O)(=O)Cc1cc(F)cc(CN)c1. The molecule has 5 nitrogen and oxygen atoms in total. The van der Waals surface area contributed by atoms with Crippen molar-refractivity contribution >= 4 is 15.8 Å². The van der Waals surface area contributed by atoms with E-state index < -0.39 is 33.1 Å². The normalized spacial score (nSPS) is 11.3. The van der Waals surface area contributed by atoms with Crippen LogP contribution in [-0.2, 0) is 31.7 Å². The van der Waals surface area contributed by atoms with E-state index in [4.69, 9.17) is 5.73 Å². The molecular formula is C11H14FNO4S. The number of rotatable bonds is 5. The van der Waals surface area contributed by atoms with Crippen molar-refractivity contribution in [2.45, 2.75) is 12.3 Å². The lowest BCUT2D eigenvalue weighted by Crippen LogP contribution is -2.19. The van der Waals surface area contributed by atoms with Crippen molar-refractivity contribution in [1.29, 1.82) is 0 Å². The fourth-order valence-electron chi connectivity index (χ4n) is 1.46. The summed E-state index contributed by atoms with van der Waals surface area (Å²) in [7, 11) is -2.57. The predicted molar refractivity (Wildman–Crippen MR) is 63.8 cm³/mol. The number of halogens is 1. The molecule has 0 heterocycles. The van der Waals surface area contributed by atoms with Crippen molar-refractivity contribution in [3.05, 3.63) is 35.1 Å². The third-order valence-electron chi connectivity index (χ3n) is 2.21. The smallest absolute Gasteiger partial charge is 0.320 e. The second-order valence-corrected chi connectivity index (χ2v) is 5.84. The number of hydrogen-bond donors (Lipinski definition) is 1. The maximum absolute atomic E-state index is 13.2. The predicted octanol–water partition coefficient (Wildman–Crippen LogP) is 0.372. The van der Waals surface area contributed by atoms with E-state index >= 15 is 0 Å². The summed E-state index contributed by atoms with van der Waals surface area (Å²) in [5, 5.41) is 0. The van der Waals surface area contributed by atoms with Gasteiger partial charge in [0, 0.05) is 6.54 Å². The van der Waals surface area contributed by atoms with Gasteiger partial charge in [-0.25, -0.2) is 12.8 Å². The maximum atomic E-state index is 13.2. The Balaban J connectivity index is 2.90. The summed E-state index contributed by atoms with van der Waals surface area (Å²) in [5.41, 5.74) is 6.13. The molecule has 0 saturated carbocycles. The van der Waals surface area contributed by atoms with E-state index in [1.54, 1.807) is 0 Å². The number of nitrogens with two attached hydrogens (primary N) is 1. The minimum atomic E-state index is -3.67. The lowest BCUT2D eigenvalue weighted by molar-refractivity contribution is -0.137. The van der Waals surface area contributed by atoms with Gasteiger partial charge in [0.1, 0.15) is 11.6 Å². The van der Waals surface area contributed by atoms with Crippen LogP contribution in [0.1, 0.15) is 11.1 Å². The Morgan fingerprint density at radius 1 is 1.33 bits per heavy atom. The lowest BCUT2D eigenvalue weighted by atomic mass is 10.1. The lowest BCUT2D eigenvalue weighted by Gasteiger charge is -2.06. The second kappa shape index (κ2) is 5.92. The van der Waals surface area contributed by atoms with Crippen LogP contribution >= 0.6 is 0 Å². The van der Waals surface area contributed by atoms with Gasteiger partial charge in [0.25, 0.3) is 0 Å². The van der Waals surface area contributed by atoms with Gasteiger partial charge in [0.15, 0.2) is 9.84 Å². The van der Waals surface area contributed by atoms with Crippen LogP contribution in [0.25, 0.3) is 0 Å². The van der Waals surface area contributed by atoms with Crippen LogP contribution in [0.2, 0.25) is 0 Å². The van der Waals surface area contributed by atoms with Gasteiger partial charge in [-0.1, -0.05) is 6.07 Å². The highest BCUT2D eigenvalue weighted by Crippen LogP contribution is 2.12.